The van der Waals surface area contributed by atoms with E-state index in [0.29, 0.717) is 11.9 Å². The third kappa shape index (κ3) is 6.14. The maximum atomic E-state index is 13.5. The zero-order valence-corrected chi connectivity index (χ0v) is 18.2. The van der Waals surface area contributed by atoms with Gasteiger partial charge in [0.1, 0.15) is 5.75 Å². The second-order valence-electron chi connectivity index (χ2n) is 6.66. The Morgan fingerprint density at radius 2 is 1.97 bits per heavy atom. The van der Waals surface area contributed by atoms with Crippen molar-refractivity contribution < 1.29 is 22.7 Å². The smallest absolute Gasteiger partial charge is 0.420 e. The van der Waals surface area contributed by atoms with Crippen LogP contribution in [0, 0.1) is 0 Å². The predicted molar refractivity (Wildman–Crippen MR) is 120 cm³/mol. The van der Waals surface area contributed by atoms with Crippen LogP contribution in [0.15, 0.2) is 42.5 Å². The number of para-hydroxylation sites is 1. The van der Waals surface area contributed by atoms with E-state index in [0.717, 1.165) is 23.6 Å². The summed E-state index contributed by atoms with van der Waals surface area (Å²) in [6, 6.07) is 10.8. The highest BCUT2D eigenvalue weighted by Crippen LogP contribution is 2.38. The number of amides is 1. The molecule has 0 fully saturated rings. The number of benzene rings is 2. The first-order valence-electron chi connectivity index (χ1n) is 9.60. The molecule has 1 aromatic heterocycles. The van der Waals surface area contributed by atoms with E-state index < -0.39 is 17.6 Å². The molecule has 2 aromatic carbocycles. The van der Waals surface area contributed by atoms with Gasteiger partial charge in [0.15, 0.2) is 10.1 Å². The molecular weight excluding hydrogens is 447 g/mol. The molecule has 0 saturated carbocycles. The third-order valence-electron chi connectivity index (χ3n) is 4.26. The minimum Gasteiger partial charge on any atom is -0.493 e. The number of unbranched alkanes of at least 4 members (excludes halogenated alkanes) is 2. The van der Waals surface area contributed by atoms with Crippen LogP contribution < -0.4 is 15.4 Å². The molecule has 3 aromatic rings. The lowest BCUT2D eigenvalue weighted by atomic mass is 10.1. The largest absolute Gasteiger partial charge is 0.493 e. The number of fused-ring (bicyclic) bond motifs is 1. The van der Waals surface area contributed by atoms with Gasteiger partial charge in [0, 0.05) is 5.69 Å². The van der Waals surface area contributed by atoms with E-state index in [1.54, 1.807) is 6.07 Å². The summed E-state index contributed by atoms with van der Waals surface area (Å²) in [5.74, 6) is -0.774. The molecule has 0 aliphatic rings. The fourth-order valence-corrected chi connectivity index (χ4v) is 3.85. The van der Waals surface area contributed by atoms with Crippen LogP contribution in [0.3, 0.4) is 0 Å². The van der Waals surface area contributed by atoms with Crippen molar-refractivity contribution in [2.24, 2.45) is 0 Å². The van der Waals surface area contributed by atoms with Crippen molar-refractivity contribution in [1.82, 2.24) is 10.3 Å². The van der Waals surface area contributed by atoms with Gasteiger partial charge in [-0.25, -0.2) is 4.98 Å². The summed E-state index contributed by atoms with van der Waals surface area (Å²) < 4.78 is 46.5. The first kappa shape index (κ1) is 23.0. The van der Waals surface area contributed by atoms with Gasteiger partial charge < -0.3 is 10.1 Å². The second-order valence-corrected chi connectivity index (χ2v) is 8.10. The quantitative estimate of drug-likeness (QED) is 0.329. The Kier molecular flexibility index (Phi) is 7.45. The number of hydrogen-bond acceptors (Lipinski definition) is 5. The number of halogens is 3. The molecule has 1 heterocycles. The molecule has 5 nitrogen and oxygen atoms in total. The zero-order valence-electron chi connectivity index (χ0n) is 16.6. The van der Waals surface area contributed by atoms with Crippen molar-refractivity contribution in [3.8, 4) is 5.75 Å². The highest BCUT2D eigenvalue weighted by Gasteiger charge is 2.34. The van der Waals surface area contributed by atoms with E-state index in [1.807, 2.05) is 25.1 Å². The summed E-state index contributed by atoms with van der Waals surface area (Å²) in [5, 5.41) is 5.13. The molecule has 2 N–H and O–H groups in total. The summed E-state index contributed by atoms with van der Waals surface area (Å²) in [6.07, 6.45) is -2.10. The van der Waals surface area contributed by atoms with Crippen LogP contribution in [-0.2, 0) is 6.18 Å². The SMILES string of the molecule is CCCCCOc1ccc(NC(=S)NC(=O)c2nc3ccccc3s2)cc1C(F)(F)F. The lowest BCUT2D eigenvalue weighted by Gasteiger charge is -2.16. The summed E-state index contributed by atoms with van der Waals surface area (Å²) in [6.45, 7) is 2.21. The van der Waals surface area contributed by atoms with Crippen LogP contribution in [-0.4, -0.2) is 22.6 Å². The number of hydrogen-bond donors (Lipinski definition) is 2. The van der Waals surface area contributed by atoms with Gasteiger partial charge >= 0.3 is 6.18 Å². The van der Waals surface area contributed by atoms with E-state index >= 15 is 0 Å². The monoisotopic (exact) mass is 467 g/mol. The number of ether oxygens (including phenoxy) is 1. The van der Waals surface area contributed by atoms with E-state index in [2.05, 4.69) is 15.6 Å². The Bertz CT molecular complexity index is 1050. The van der Waals surface area contributed by atoms with Crippen LogP contribution in [0.2, 0.25) is 0 Å². The predicted octanol–water partition coefficient (Wildman–Crippen LogP) is 6.01. The zero-order chi connectivity index (χ0) is 22.4. The average Bonchev–Trinajstić information content (AvgIpc) is 3.15. The molecular formula is C21H20F3N3O2S2. The van der Waals surface area contributed by atoms with E-state index in [-0.39, 0.29) is 28.2 Å². The van der Waals surface area contributed by atoms with Crippen LogP contribution in [0.1, 0.15) is 41.6 Å². The molecule has 0 bridgehead atoms. The van der Waals surface area contributed by atoms with Crippen LogP contribution in [0.4, 0.5) is 18.9 Å². The maximum Gasteiger partial charge on any atom is 0.420 e. The van der Waals surface area contributed by atoms with Crippen molar-refractivity contribution in [2.45, 2.75) is 32.4 Å². The Morgan fingerprint density at radius 3 is 2.68 bits per heavy atom. The standard InChI is InChI=1S/C21H20F3N3O2S2/c1-2-3-6-11-29-16-10-9-13(12-14(16)21(22,23)24)25-20(30)27-18(28)19-26-15-7-4-5-8-17(15)31-19/h4-5,7-10,12H,2-3,6,11H2,1H3,(H2,25,27,28,30). The molecule has 3 rings (SSSR count). The van der Waals surface area contributed by atoms with Gasteiger partial charge in [0.2, 0.25) is 0 Å². The molecule has 0 atom stereocenters. The van der Waals surface area contributed by atoms with Crippen LogP contribution in [0.5, 0.6) is 5.75 Å². The molecule has 31 heavy (non-hydrogen) atoms. The van der Waals surface area contributed by atoms with Crippen molar-refractivity contribution in [3.05, 3.63) is 53.0 Å². The summed E-state index contributed by atoms with van der Waals surface area (Å²) in [7, 11) is 0. The van der Waals surface area contributed by atoms with Gasteiger partial charge in [-0.3, -0.25) is 10.1 Å². The number of anilines is 1. The van der Waals surface area contributed by atoms with Crippen molar-refractivity contribution in [3.63, 3.8) is 0 Å². The highest BCUT2D eigenvalue weighted by atomic mass is 32.1. The number of aromatic nitrogens is 1. The normalized spacial score (nSPS) is 11.4. The number of carbonyl (C=O) groups is 1. The van der Waals surface area contributed by atoms with Crippen molar-refractivity contribution in [2.75, 3.05) is 11.9 Å². The first-order valence-corrected chi connectivity index (χ1v) is 10.8. The minimum absolute atomic E-state index is 0.0860. The molecule has 0 aliphatic heterocycles. The second kappa shape index (κ2) is 10.1. The van der Waals surface area contributed by atoms with Gasteiger partial charge in [-0.1, -0.05) is 31.9 Å². The molecule has 0 spiro atoms. The number of thiocarbonyl (C=S) groups is 1. The number of rotatable bonds is 7. The van der Waals surface area contributed by atoms with Gasteiger partial charge in [0.05, 0.1) is 22.4 Å². The van der Waals surface area contributed by atoms with E-state index in [9.17, 15) is 18.0 Å². The molecule has 10 heteroatoms. The van der Waals surface area contributed by atoms with Crippen LogP contribution in [0.25, 0.3) is 10.2 Å². The lowest BCUT2D eigenvalue weighted by Crippen LogP contribution is -2.34. The maximum absolute atomic E-state index is 13.5. The Labute approximate surface area is 186 Å². The Balaban J connectivity index is 1.67. The number of nitrogens with zero attached hydrogens (tertiary/aromatic N) is 1. The molecule has 0 aliphatic carbocycles. The first-order chi connectivity index (χ1) is 14.8. The molecule has 0 radical (unpaired) electrons. The number of carbonyl (C=O) groups excluding carboxylic acids is 1. The molecule has 1 amide bonds. The average molecular weight is 468 g/mol. The Morgan fingerprint density at radius 1 is 1.19 bits per heavy atom. The lowest BCUT2D eigenvalue weighted by molar-refractivity contribution is -0.138. The van der Waals surface area contributed by atoms with E-state index in [1.165, 1.54) is 23.5 Å². The minimum atomic E-state index is -4.59. The number of thiazole rings is 1. The fraction of sp³-hybridized carbons (Fsp3) is 0.286. The molecule has 0 saturated heterocycles. The summed E-state index contributed by atoms with van der Waals surface area (Å²) in [5.41, 5.74) is -0.141. The van der Waals surface area contributed by atoms with Crippen molar-refractivity contribution in [1.29, 1.82) is 0 Å². The van der Waals surface area contributed by atoms with Gasteiger partial charge in [0.25, 0.3) is 5.91 Å². The topological polar surface area (TPSA) is 63.2 Å². The van der Waals surface area contributed by atoms with Gasteiger partial charge in [-0.2, -0.15) is 13.2 Å². The van der Waals surface area contributed by atoms with Crippen molar-refractivity contribution >= 4 is 50.5 Å². The number of nitrogens with one attached hydrogen (secondary N) is 2. The number of alkyl halides is 3. The van der Waals surface area contributed by atoms with E-state index in [4.69, 9.17) is 17.0 Å². The Hall–Kier alpha value is -2.72. The highest BCUT2D eigenvalue weighted by molar-refractivity contribution is 7.80. The summed E-state index contributed by atoms with van der Waals surface area (Å²) >= 11 is 6.28. The summed E-state index contributed by atoms with van der Waals surface area (Å²) in [4.78, 5) is 16.6. The molecule has 0 unspecified atom stereocenters. The van der Waals surface area contributed by atoms with Gasteiger partial charge in [-0.15, -0.1) is 11.3 Å². The fourth-order valence-electron chi connectivity index (χ4n) is 2.78. The van der Waals surface area contributed by atoms with Gasteiger partial charge in [-0.05, 0) is 49.0 Å². The third-order valence-corrected chi connectivity index (χ3v) is 5.50. The van der Waals surface area contributed by atoms with Crippen LogP contribution >= 0.6 is 23.6 Å². The molecule has 164 valence electrons.